The lowest BCUT2D eigenvalue weighted by atomic mass is 9.91. The largest absolute Gasteiger partial charge is 0.444 e. The van der Waals surface area contributed by atoms with Gasteiger partial charge in [-0.15, -0.1) is 0 Å². The quantitative estimate of drug-likeness (QED) is 0.782. The third kappa shape index (κ3) is 3.78. The molecule has 2 heterocycles. The predicted molar refractivity (Wildman–Crippen MR) is 102 cm³/mol. The number of ether oxygens (including phenoxy) is 1. The Morgan fingerprint density at radius 1 is 1.28 bits per heavy atom. The van der Waals surface area contributed by atoms with Crippen molar-refractivity contribution in [2.75, 3.05) is 13.1 Å². The smallest absolute Gasteiger partial charge is 0.410 e. The Morgan fingerprint density at radius 2 is 2.04 bits per heavy atom. The number of nitrogens with one attached hydrogen (secondary N) is 1. The van der Waals surface area contributed by atoms with E-state index in [1.165, 1.54) is 11.0 Å². The molecule has 1 fully saturated rings. The van der Waals surface area contributed by atoms with Crippen LogP contribution in [0, 0.1) is 0 Å². The Kier molecular flexibility index (Phi) is 4.46. The maximum Gasteiger partial charge on any atom is 0.410 e. The summed E-state index contributed by atoms with van der Waals surface area (Å²) in [7, 11) is 0. The van der Waals surface area contributed by atoms with Gasteiger partial charge >= 0.3 is 6.09 Å². The number of carbonyl (C=O) groups is 1. The fourth-order valence-electron chi connectivity index (χ4n) is 3.13. The van der Waals surface area contributed by atoms with Crippen molar-refractivity contribution in [1.29, 1.82) is 0 Å². The standard InChI is InChI=1S/C21H26N2O2/c1-14-9-11-23(20(24)25-21(3,4)5)13-18(14)15(2)16-6-7-19-17(12-16)8-10-22-19/h6-8,10,12,22H,1,9,11,13H2,2-5H3/b18-15+. The monoisotopic (exact) mass is 338 g/mol. The number of fused-ring (bicyclic) bond motifs is 1. The molecular formula is C21H26N2O2. The van der Waals surface area contributed by atoms with E-state index in [-0.39, 0.29) is 6.09 Å². The topological polar surface area (TPSA) is 45.3 Å². The summed E-state index contributed by atoms with van der Waals surface area (Å²) in [5.41, 5.74) is 5.21. The van der Waals surface area contributed by atoms with Gasteiger partial charge in [0.2, 0.25) is 0 Å². The van der Waals surface area contributed by atoms with Crippen molar-refractivity contribution in [3.05, 3.63) is 53.8 Å². The third-order valence-corrected chi connectivity index (χ3v) is 4.55. The van der Waals surface area contributed by atoms with E-state index in [1.807, 2.05) is 27.0 Å². The molecule has 4 nitrogen and oxygen atoms in total. The molecule has 0 bridgehead atoms. The second-order valence-corrected chi connectivity index (χ2v) is 7.64. The molecule has 0 unspecified atom stereocenters. The number of aromatic nitrogens is 1. The van der Waals surface area contributed by atoms with Gasteiger partial charge in [-0.25, -0.2) is 4.79 Å². The maximum atomic E-state index is 12.4. The molecule has 4 heteroatoms. The van der Waals surface area contributed by atoms with Gasteiger partial charge in [0.15, 0.2) is 0 Å². The Balaban J connectivity index is 1.88. The summed E-state index contributed by atoms with van der Waals surface area (Å²) >= 11 is 0. The number of nitrogens with zero attached hydrogens (tertiary/aromatic N) is 1. The maximum absolute atomic E-state index is 12.4. The fraction of sp³-hybridized carbons (Fsp3) is 0.381. The molecule has 2 aromatic rings. The van der Waals surface area contributed by atoms with Gasteiger partial charge in [0.1, 0.15) is 5.60 Å². The van der Waals surface area contributed by atoms with Crippen molar-refractivity contribution in [3.8, 4) is 0 Å². The average molecular weight is 338 g/mol. The van der Waals surface area contributed by atoms with Gasteiger partial charge in [0, 0.05) is 24.8 Å². The van der Waals surface area contributed by atoms with Gasteiger partial charge in [-0.05, 0) is 80.0 Å². The molecule has 1 aliphatic heterocycles. The summed E-state index contributed by atoms with van der Waals surface area (Å²) in [5, 5.41) is 1.18. The van der Waals surface area contributed by atoms with Gasteiger partial charge in [0.05, 0.1) is 0 Å². The van der Waals surface area contributed by atoms with Crippen LogP contribution in [0.25, 0.3) is 16.5 Å². The van der Waals surface area contributed by atoms with Crippen LogP contribution in [0.4, 0.5) is 4.79 Å². The number of benzene rings is 1. The Labute approximate surface area is 149 Å². The van der Waals surface area contributed by atoms with Crippen molar-refractivity contribution >= 4 is 22.6 Å². The minimum atomic E-state index is -0.482. The molecule has 132 valence electrons. The van der Waals surface area contributed by atoms with Crippen LogP contribution in [0.1, 0.15) is 39.7 Å². The zero-order valence-electron chi connectivity index (χ0n) is 15.5. The summed E-state index contributed by atoms with van der Waals surface area (Å²) in [5.74, 6) is 0. The Bertz CT molecular complexity index is 852. The van der Waals surface area contributed by atoms with E-state index in [1.54, 1.807) is 4.90 Å². The molecule has 25 heavy (non-hydrogen) atoms. The number of hydrogen-bond acceptors (Lipinski definition) is 2. The molecule has 1 saturated heterocycles. The summed E-state index contributed by atoms with van der Waals surface area (Å²) in [6.07, 6.45) is 2.46. The highest BCUT2D eigenvalue weighted by Crippen LogP contribution is 2.30. The van der Waals surface area contributed by atoms with E-state index in [4.69, 9.17) is 4.74 Å². The number of allylic oxidation sites excluding steroid dienone is 1. The molecular weight excluding hydrogens is 312 g/mol. The highest BCUT2D eigenvalue weighted by atomic mass is 16.6. The van der Waals surface area contributed by atoms with E-state index in [0.29, 0.717) is 13.1 Å². The lowest BCUT2D eigenvalue weighted by Crippen LogP contribution is -2.41. The van der Waals surface area contributed by atoms with E-state index in [9.17, 15) is 4.79 Å². The lowest BCUT2D eigenvalue weighted by molar-refractivity contribution is 0.0259. The molecule has 1 aromatic carbocycles. The highest BCUT2D eigenvalue weighted by Gasteiger charge is 2.27. The minimum absolute atomic E-state index is 0.258. The fourth-order valence-corrected chi connectivity index (χ4v) is 3.13. The third-order valence-electron chi connectivity index (χ3n) is 4.55. The Hall–Kier alpha value is -2.49. The summed E-state index contributed by atoms with van der Waals surface area (Å²) < 4.78 is 5.52. The van der Waals surface area contributed by atoms with Crippen molar-refractivity contribution in [2.45, 2.75) is 39.7 Å². The molecule has 1 N–H and O–H groups in total. The lowest BCUT2D eigenvalue weighted by Gasteiger charge is -2.33. The van der Waals surface area contributed by atoms with Crippen LogP contribution < -0.4 is 0 Å². The number of carbonyl (C=O) groups excluding carboxylic acids is 1. The van der Waals surface area contributed by atoms with Crippen LogP contribution >= 0.6 is 0 Å². The zero-order valence-corrected chi connectivity index (χ0v) is 15.5. The van der Waals surface area contributed by atoms with Crippen LogP contribution in [0.2, 0.25) is 0 Å². The first-order valence-corrected chi connectivity index (χ1v) is 8.68. The van der Waals surface area contributed by atoms with Crippen LogP contribution in [-0.4, -0.2) is 34.7 Å². The van der Waals surface area contributed by atoms with Crippen molar-refractivity contribution < 1.29 is 9.53 Å². The van der Waals surface area contributed by atoms with E-state index in [0.717, 1.165) is 28.6 Å². The second-order valence-electron chi connectivity index (χ2n) is 7.64. The molecule has 1 amide bonds. The van der Waals surface area contributed by atoms with Gasteiger partial charge in [-0.3, -0.25) is 0 Å². The molecule has 1 aromatic heterocycles. The predicted octanol–water partition coefficient (Wildman–Crippen LogP) is 5.14. The number of aromatic amines is 1. The van der Waals surface area contributed by atoms with Gasteiger partial charge in [-0.1, -0.05) is 12.6 Å². The van der Waals surface area contributed by atoms with Gasteiger partial charge < -0.3 is 14.6 Å². The zero-order chi connectivity index (χ0) is 18.2. The number of piperidine rings is 1. The van der Waals surface area contributed by atoms with Crippen LogP contribution in [0.15, 0.2) is 48.2 Å². The van der Waals surface area contributed by atoms with Crippen LogP contribution in [0.3, 0.4) is 0 Å². The molecule has 3 rings (SSSR count). The first kappa shape index (κ1) is 17.3. The van der Waals surface area contributed by atoms with Crippen LogP contribution in [0.5, 0.6) is 0 Å². The number of H-pyrrole nitrogens is 1. The number of rotatable bonds is 1. The molecule has 1 aliphatic rings. The number of amides is 1. The first-order valence-electron chi connectivity index (χ1n) is 8.68. The first-order chi connectivity index (χ1) is 11.7. The molecule has 0 radical (unpaired) electrons. The molecule has 0 atom stereocenters. The number of hydrogen-bond donors (Lipinski definition) is 1. The van der Waals surface area contributed by atoms with E-state index >= 15 is 0 Å². The van der Waals surface area contributed by atoms with E-state index < -0.39 is 5.60 Å². The van der Waals surface area contributed by atoms with Crippen molar-refractivity contribution in [2.24, 2.45) is 0 Å². The van der Waals surface area contributed by atoms with Crippen molar-refractivity contribution in [1.82, 2.24) is 9.88 Å². The van der Waals surface area contributed by atoms with Gasteiger partial charge in [0.25, 0.3) is 0 Å². The molecule has 0 aliphatic carbocycles. The summed E-state index contributed by atoms with van der Waals surface area (Å²) in [6, 6.07) is 8.44. The second kappa shape index (κ2) is 6.43. The minimum Gasteiger partial charge on any atom is -0.444 e. The summed E-state index contributed by atoms with van der Waals surface area (Å²) in [4.78, 5) is 17.4. The van der Waals surface area contributed by atoms with Crippen LogP contribution in [-0.2, 0) is 4.74 Å². The van der Waals surface area contributed by atoms with E-state index in [2.05, 4.69) is 42.8 Å². The summed E-state index contributed by atoms with van der Waals surface area (Å²) in [6.45, 7) is 13.2. The SMILES string of the molecule is C=C1CCN(C(=O)OC(C)(C)C)C/C1=C(/C)c1ccc2[nH]ccc2c1. The van der Waals surface area contributed by atoms with Crippen molar-refractivity contribution in [3.63, 3.8) is 0 Å². The van der Waals surface area contributed by atoms with Gasteiger partial charge in [-0.2, -0.15) is 0 Å². The number of likely N-dealkylation sites (tertiary alicyclic amines) is 1. The highest BCUT2D eigenvalue weighted by molar-refractivity contribution is 5.85. The average Bonchev–Trinajstić information content (AvgIpc) is 3.00. The Morgan fingerprint density at radius 3 is 2.76 bits per heavy atom. The molecule has 0 spiro atoms. The normalized spacial score (nSPS) is 17.8. The molecule has 0 saturated carbocycles.